The number of nitrogens with one attached hydrogen (secondary N) is 1. The van der Waals surface area contributed by atoms with Crippen LogP contribution in [0.25, 0.3) is 5.69 Å². The van der Waals surface area contributed by atoms with E-state index < -0.39 is 0 Å². The van der Waals surface area contributed by atoms with Crippen molar-refractivity contribution in [3.63, 3.8) is 0 Å². The Bertz CT molecular complexity index is 811. The zero-order valence-corrected chi connectivity index (χ0v) is 17.8. The summed E-state index contributed by atoms with van der Waals surface area (Å²) in [5.41, 5.74) is 2.24. The lowest BCUT2D eigenvalue weighted by Gasteiger charge is -2.27. The van der Waals surface area contributed by atoms with Crippen molar-refractivity contribution >= 4 is 23.6 Å². The zero-order chi connectivity index (χ0) is 20.1. The van der Waals surface area contributed by atoms with Crippen molar-refractivity contribution in [2.75, 3.05) is 36.9 Å². The molecule has 1 unspecified atom stereocenters. The average molecular weight is 416 g/mol. The molecule has 1 atom stereocenters. The summed E-state index contributed by atoms with van der Waals surface area (Å²) in [7, 11) is 0. The first-order valence-electron chi connectivity index (χ1n) is 10.5. The molecule has 0 spiro atoms. The van der Waals surface area contributed by atoms with E-state index in [1.54, 1.807) is 0 Å². The number of amides is 1. The standard InChI is InChI=1S/C21H29N5O2S/c1-16-7-9-17(10-8-16)26-20(25-11-3-2-4-12-25)23-24-21(26)29-15-19(27)22-14-18-6-5-13-28-18/h7-10,18H,2-6,11-15H2,1H3,(H,22,27). The van der Waals surface area contributed by atoms with Gasteiger partial charge in [0.2, 0.25) is 11.9 Å². The van der Waals surface area contributed by atoms with E-state index in [-0.39, 0.29) is 12.0 Å². The topological polar surface area (TPSA) is 72.3 Å². The molecule has 1 aromatic carbocycles. The molecule has 0 saturated carbocycles. The van der Waals surface area contributed by atoms with Crippen molar-refractivity contribution in [3.8, 4) is 5.69 Å². The van der Waals surface area contributed by atoms with Crippen LogP contribution < -0.4 is 10.2 Å². The van der Waals surface area contributed by atoms with Gasteiger partial charge in [0, 0.05) is 26.2 Å². The fourth-order valence-corrected chi connectivity index (χ4v) is 4.57. The number of anilines is 1. The molecule has 1 aromatic heterocycles. The second-order valence-corrected chi connectivity index (χ2v) is 8.67. The average Bonchev–Trinajstić information content (AvgIpc) is 3.42. The number of nitrogens with zero attached hydrogens (tertiary/aromatic N) is 4. The minimum absolute atomic E-state index is 0.00322. The predicted molar refractivity (Wildman–Crippen MR) is 115 cm³/mol. The molecule has 1 amide bonds. The Balaban J connectivity index is 1.47. The molecule has 156 valence electrons. The SMILES string of the molecule is Cc1ccc(-n2c(SCC(=O)NCC3CCCO3)nnc2N2CCCCC2)cc1. The number of aryl methyl sites for hydroxylation is 1. The summed E-state index contributed by atoms with van der Waals surface area (Å²) in [4.78, 5) is 14.6. The van der Waals surface area contributed by atoms with Crippen molar-refractivity contribution in [3.05, 3.63) is 29.8 Å². The first kappa shape index (κ1) is 20.2. The lowest BCUT2D eigenvalue weighted by Crippen LogP contribution is -2.33. The van der Waals surface area contributed by atoms with Crippen LogP contribution in [-0.4, -0.2) is 58.8 Å². The quantitative estimate of drug-likeness (QED) is 0.701. The van der Waals surface area contributed by atoms with Gasteiger partial charge in [-0.25, -0.2) is 0 Å². The fraction of sp³-hybridized carbons (Fsp3) is 0.571. The highest BCUT2D eigenvalue weighted by Gasteiger charge is 2.22. The Morgan fingerprint density at radius 3 is 2.69 bits per heavy atom. The van der Waals surface area contributed by atoms with Gasteiger partial charge in [-0.3, -0.25) is 9.36 Å². The zero-order valence-electron chi connectivity index (χ0n) is 17.0. The normalized spacial score (nSPS) is 19.5. The first-order valence-corrected chi connectivity index (χ1v) is 11.5. The molecule has 7 nitrogen and oxygen atoms in total. The van der Waals surface area contributed by atoms with E-state index in [0.29, 0.717) is 12.3 Å². The lowest BCUT2D eigenvalue weighted by atomic mass is 10.1. The number of carbonyl (C=O) groups excluding carboxylic acids is 1. The van der Waals surface area contributed by atoms with Crippen LogP contribution in [0.5, 0.6) is 0 Å². The maximum absolute atomic E-state index is 12.3. The fourth-order valence-electron chi connectivity index (χ4n) is 3.79. The van der Waals surface area contributed by atoms with Gasteiger partial charge in [-0.15, -0.1) is 10.2 Å². The Kier molecular flexibility index (Phi) is 6.71. The van der Waals surface area contributed by atoms with Gasteiger partial charge in [0.1, 0.15) is 0 Å². The molecule has 2 aromatic rings. The van der Waals surface area contributed by atoms with Crippen LogP contribution in [-0.2, 0) is 9.53 Å². The van der Waals surface area contributed by atoms with Crippen LogP contribution in [0.3, 0.4) is 0 Å². The maximum atomic E-state index is 12.3. The highest BCUT2D eigenvalue weighted by atomic mass is 32.2. The second-order valence-electron chi connectivity index (χ2n) is 7.73. The van der Waals surface area contributed by atoms with E-state index in [1.807, 2.05) is 0 Å². The highest BCUT2D eigenvalue weighted by molar-refractivity contribution is 7.99. The first-order chi connectivity index (χ1) is 14.2. The molecule has 0 bridgehead atoms. The summed E-state index contributed by atoms with van der Waals surface area (Å²) in [5, 5.41) is 12.7. The molecule has 29 heavy (non-hydrogen) atoms. The second kappa shape index (κ2) is 9.63. The van der Waals surface area contributed by atoms with Crippen molar-refractivity contribution < 1.29 is 9.53 Å². The number of ether oxygens (including phenoxy) is 1. The van der Waals surface area contributed by atoms with Crippen molar-refractivity contribution in [2.45, 2.75) is 50.3 Å². The van der Waals surface area contributed by atoms with E-state index in [0.717, 1.165) is 49.3 Å². The largest absolute Gasteiger partial charge is 0.376 e. The number of piperidine rings is 1. The molecule has 8 heteroatoms. The summed E-state index contributed by atoms with van der Waals surface area (Å²) in [5.74, 6) is 1.19. The van der Waals surface area contributed by atoms with Gasteiger partial charge in [-0.2, -0.15) is 0 Å². The third kappa shape index (κ3) is 5.11. The number of thioether (sulfide) groups is 1. The Morgan fingerprint density at radius 1 is 1.17 bits per heavy atom. The Morgan fingerprint density at radius 2 is 1.97 bits per heavy atom. The molecule has 2 fully saturated rings. The number of rotatable bonds is 7. The summed E-state index contributed by atoms with van der Waals surface area (Å²) in [6.45, 7) is 5.46. The van der Waals surface area contributed by atoms with E-state index in [4.69, 9.17) is 4.74 Å². The van der Waals surface area contributed by atoms with Crippen LogP contribution in [0.15, 0.2) is 29.4 Å². The summed E-state index contributed by atoms with van der Waals surface area (Å²) >= 11 is 1.43. The monoisotopic (exact) mass is 415 g/mol. The molecule has 2 saturated heterocycles. The summed E-state index contributed by atoms with van der Waals surface area (Å²) in [6, 6.07) is 8.37. The highest BCUT2D eigenvalue weighted by Crippen LogP contribution is 2.28. The van der Waals surface area contributed by atoms with Gasteiger partial charge in [0.15, 0.2) is 5.16 Å². The molecule has 1 N–H and O–H groups in total. The minimum Gasteiger partial charge on any atom is -0.376 e. The molecule has 2 aliphatic heterocycles. The third-order valence-corrected chi connectivity index (χ3v) is 6.36. The molecule has 2 aliphatic rings. The number of hydrogen-bond donors (Lipinski definition) is 1. The number of hydrogen-bond acceptors (Lipinski definition) is 6. The third-order valence-electron chi connectivity index (χ3n) is 5.43. The van der Waals surface area contributed by atoms with Crippen molar-refractivity contribution in [2.24, 2.45) is 0 Å². The predicted octanol–water partition coefficient (Wildman–Crippen LogP) is 2.95. The van der Waals surface area contributed by atoms with Crippen LogP contribution in [0.4, 0.5) is 5.95 Å². The Hall–Kier alpha value is -2.06. The molecule has 4 rings (SSSR count). The van der Waals surface area contributed by atoms with Crippen molar-refractivity contribution in [1.82, 2.24) is 20.1 Å². The number of carbonyl (C=O) groups is 1. The molecule has 3 heterocycles. The van der Waals surface area contributed by atoms with E-state index in [2.05, 4.69) is 56.2 Å². The smallest absolute Gasteiger partial charge is 0.232 e. The van der Waals surface area contributed by atoms with E-state index in [9.17, 15) is 4.79 Å². The molecule has 0 aliphatic carbocycles. The van der Waals surface area contributed by atoms with Crippen LogP contribution in [0.2, 0.25) is 0 Å². The van der Waals surface area contributed by atoms with Crippen LogP contribution in [0, 0.1) is 6.92 Å². The number of benzene rings is 1. The lowest BCUT2D eigenvalue weighted by molar-refractivity contribution is -0.119. The molecular weight excluding hydrogens is 386 g/mol. The molecular formula is C21H29N5O2S. The van der Waals surface area contributed by atoms with Gasteiger partial charge in [0.25, 0.3) is 0 Å². The van der Waals surface area contributed by atoms with E-state index >= 15 is 0 Å². The maximum Gasteiger partial charge on any atom is 0.232 e. The van der Waals surface area contributed by atoms with Gasteiger partial charge in [0.05, 0.1) is 17.5 Å². The van der Waals surface area contributed by atoms with Gasteiger partial charge >= 0.3 is 0 Å². The van der Waals surface area contributed by atoms with Crippen molar-refractivity contribution in [1.29, 1.82) is 0 Å². The van der Waals surface area contributed by atoms with Crippen LogP contribution >= 0.6 is 11.8 Å². The van der Waals surface area contributed by atoms with E-state index in [1.165, 1.54) is 36.6 Å². The molecule has 0 radical (unpaired) electrons. The summed E-state index contributed by atoms with van der Waals surface area (Å²) < 4.78 is 7.66. The van der Waals surface area contributed by atoms with Gasteiger partial charge < -0.3 is 15.0 Å². The van der Waals surface area contributed by atoms with Gasteiger partial charge in [-0.1, -0.05) is 29.5 Å². The minimum atomic E-state index is 0.00322. The summed E-state index contributed by atoms with van der Waals surface area (Å²) in [6.07, 6.45) is 5.87. The Labute approximate surface area is 176 Å². The van der Waals surface area contributed by atoms with Gasteiger partial charge in [-0.05, 0) is 51.2 Å². The van der Waals surface area contributed by atoms with Crippen LogP contribution in [0.1, 0.15) is 37.7 Å². The number of aromatic nitrogens is 3.